The average Bonchev–Trinajstić information content (AvgIpc) is 2.79. The summed E-state index contributed by atoms with van der Waals surface area (Å²) in [4.78, 5) is 28.9. The van der Waals surface area contributed by atoms with Crippen molar-refractivity contribution in [3.05, 3.63) is 0 Å². The highest BCUT2D eigenvalue weighted by atomic mass is 32.2. The Bertz CT molecular complexity index is 428. The molecule has 1 fully saturated rings. The van der Waals surface area contributed by atoms with Crippen LogP contribution in [0.25, 0.3) is 0 Å². The van der Waals surface area contributed by atoms with E-state index in [0.717, 1.165) is 18.1 Å². The zero-order chi connectivity index (χ0) is 14.2. The van der Waals surface area contributed by atoms with Crippen LogP contribution in [0.5, 0.6) is 0 Å². The Morgan fingerprint density at radius 2 is 2.11 bits per heavy atom. The second-order valence-corrected chi connectivity index (χ2v) is 7.63. The molecular weight excluding hydrogens is 262 g/mol. The van der Waals surface area contributed by atoms with Gasteiger partial charge in [0.2, 0.25) is 5.91 Å². The van der Waals surface area contributed by atoms with Crippen LogP contribution in [0.2, 0.25) is 0 Å². The van der Waals surface area contributed by atoms with Crippen LogP contribution in [-0.2, 0) is 9.59 Å². The number of hydrogen-bond donors (Lipinski definition) is 1. The van der Waals surface area contributed by atoms with E-state index in [4.69, 9.17) is 0 Å². The van der Waals surface area contributed by atoms with E-state index in [1.807, 2.05) is 0 Å². The van der Waals surface area contributed by atoms with Crippen LogP contribution in [0.3, 0.4) is 0 Å². The lowest BCUT2D eigenvalue weighted by Crippen LogP contribution is -2.39. The van der Waals surface area contributed by atoms with E-state index < -0.39 is 6.04 Å². The molecule has 0 radical (unpaired) electrons. The summed E-state index contributed by atoms with van der Waals surface area (Å²) in [6.07, 6.45) is 1.32. The quantitative estimate of drug-likeness (QED) is 0.775. The Labute approximate surface area is 118 Å². The summed E-state index contributed by atoms with van der Waals surface area (Å²) in [5, 5.41) is 4.37. The van der Waals surface area contributed by atoms with Crippen molar-refractivity contribution in [1.82, 2.24) is 10.2 Å². The van der Waals surface area contributed by atoms with Crippen molar-refractivity contribution in [2.75, 3.05) is 13.6 Å². The molecule has 2 atom stereocenters. The topological polar surface area (TPSA) is 61.8 Å². The molecule has 2 aliphatic heterocycles. The molecule has 0 saturated carbocycles. The fourth-order valence-corrected chi connectivity index (χ4v) is 3.71. The molecule has 19 heavy (non-hydrogen) atoms. The van der Waals surface area contributed by atoms with Gasteiger partial charge in [-0.05, 0) is 11.8 Å². The number of imide groups is 1. The SMILES string of the molecule is CN1C(=O)CC(NC2=NCC(CC(C)(C)C)S2)C1=O. The Kier molecular flexibility index (Phi) is 3.90. The number of rotatable bonds is 2. The number of amides is 2. The van der Waals surface area contributed by atoms with Crippen molar-refractivity contribution in [2.45, 2.75) is 44.9 Å². The van der Waals surface area contributed by atoms with Gasteiger partial charge in [-0.25, -0.2) is 0 Å². The molecule has 2 aliphatic rings. The monoisotopic (exact) mass is 283 g/mol. The van der Waals surface area contributed by atoms with Gasteiger partial charge in [-0.15, -0.1) is 0 Å². The standard InChI is InChI=1S/C13H21N3O2S/c1-13(2,3)6-8-7-14-12(19-8)15-9-5-10(17)16(4)11(9)18/h8-9H,5-7H2,1-4H3,(H,14,15). The summed E-state index contributed by atoms with van der Waals surface area (Å²) in [6, 6.07) is -0.433. The number of likely N-dealkylation sites (tertiary alicyclic amines) is 1. The van der Waals surface area contributed by atoms with E-state index >= 15 is 0 Å². The lowest BCUT2D eigenvalue weighted by atomic mass is 9.90. The Morgan fingerprint density at radius 1 is 1.42 bits per heavy atom. The lowest BCUT2D eigenvalue weighted by Gasteiger charge is -2.21. The molecule has 0 bridgehead atoms. The highest BCUT2D eigenvalue weighted by molar-refractivity contribution is 8.14. The summed E-state index contributed by atoms with van der Waals surface area (Å²) in [7, 11) is 1.53. The molecule has 1 saturated heterocycles. The summed E-state index contributed by atoms with van der Waals surface area (Å²) < 4.78 is 0. The molecule has 0 aromatic rings. The van der Waals surface area contributed by atoms with E-state index in [9.17, 15) is 9.59 Å². The highest BCUT2D eigenvalue weighted by Gasteiger charge is 2.37. The minimum atomic E-state index is -0.433. The third-order valence-corrected chi connectivity index (χ3v) is 4.36. The summed E-state index contributed by atoms with van der Waals surface area (Å²) >= 11 is 1.69. The number of aliphatic imine (C=N–C) groups is 1. The van der Waals surface area contributed by atoms with Gasteiger partial charge in [0.05, 0.1) is 13.0 Å². The molecule has 0 spiro atoms. The van der Waals surface area contributed by atoms with Crippen molar-refractivity contribution in [3.63, 3.8) is 0 Å². The van der Waals surface area contributed by atoms with Crippen LogP contribution in [0.1, 0.15) is 33.6 Å². The van der Waals surface area contributed by atoms with Gasteiger partial charge in [-0.2, -0.15) is 0 Å². The smallest absolute Gasteiger partial charge is 0.251 e. The fourth-order valence-electron chi connectivity index (χ4n) is 2.30. The number of carbonyl (C=O) groups is 2. The van der Waals surface area contributed by atoms with Gasteiger partial charge >= 0.3 is 0 Å². The number of thioether (sulfide) groups is 1. The third kappa shape index (κ3) is 3.49. The molecule has 5 nitrogen and oxygen atoms in total. The minimum Gasteiger partial charge on any atom is -0.353 e. The number of nitrogens with zero attached hydrogens (tertiary/aromatic N) is 2. The van der Waals surface area contributed by atoms with Crippen molar-refractivity contribution in [2.24, 2.45) is 10.4 Å². The Hall–Kier alpha value is -1.04. The molecule has 0 aromatic carbocycles. The van der Waals surface area contributed by atoms with Crippen molar-refractivity contribution in [1.29, 1.82) is 0 Å². The van der Waals surface area contributed by atoms with Crippen LogP contribution in [0.15, 0.2) is 4.99 Å². The predicted molar refractivity (Wildman–Crippen MR) is 77.1 cm³/mol. The maximum absolute atomic E-state index is 11.8. The van der Waals surface area contributed by atoms with E-state index in [0.29, 0.717) is 5.25 Å². The summed E-state index contributed by atoms with van der Waals surface area (Å²) in [5.74, 6) is -0.287. The first-order chi connectivity index (χ1) is 8.76. The second kappa shape index (κ2) is 5.15. The van der Waals surface area contributed by atoms with E-state index in [2.05, 4.69) is 31.1 Å². The van der Waals surface area contributed by atoms with Gasteiger partial charge in [0.1, 0.15) is 6.04 Å². The number of likely N-dealkylation sites (N-methyl/N-ethyl adjacent to an activating group) is 1. The minimum absolute atomic E-state index is 0.127. The summed E-state index contributed by atoms with van der Waals surface area (Å²) in [5.41, 5.74) is 0.280. The molecule has 1 N–H and O–H groups in total. The Morgan fingerprint density at radius 3 is 2.63 bits per heavy atom. The maximum Gasteiger partial charge on any atom is 0.251 e. The third-order valence-electron chi connectivity index (χ3n) is 3.24. The molecule has 6 heteroatoms. The van der Waals surface area contributed by atoms with E-state index in [-0.39, 0.29) is 23.7 Å². The highest BCUT2D eigenvalue weighted by Crippen LogP contribution is 2.31. The van der Waals surface area contributed by atoms with Gasteiger partial charge in [-0.1, -0.05) is 32.5 Å². The van der Waals surface area contributed by atoms with E-state index in [1.54, 1.807) is 11.8 Å². The second-order valence-electron chi connectivity index (χ2n) is 6.34. The number of carbonyl (C=O) groups excluding carboxylic acids is 2. The number of hydrogen-bond acceptors (Lipinski definition) is 5. The number of amidine groups is 1. The molecule has 2 unspecified atom stereocenters. The molecule has 0 aliphatic carbocycles. The van der Waals surface area contributed by atoms with Crippen molar-refractivity contribution >= 4 is 28.7 Å². The van der Waals surface area contributed by atoms with Gasteiger partial charge in [0, 0.05) is 12.3 Å². The molecule has 0 aromatic heterocycles. The maximum atomic E-state index is 11.8. The van der Waals surface area contributed by atoms with Crippen molar-refractivity contribution in [3.8, 4) is 0 Å². The van der Waals surface area contributed by atoms with Gasteiger partial charge in [0.25, 0.3) is 5.91 Å². The fraction of sp³-hybridized carbons (Fsp3) is 0.769. The molecule has 106 valence electrons. The Balaban J connectivity index is 1.86. The van der Waals surface area contributed by atoms with E-state index in [1.165, 1.54) is 11.9 Å². The first kappa shape index (κ1) is 14.4. The van der Waals surface area contributed by atoms with Crippen LogP contribution < -0.4 is 5.32 Å². The van der Waals surface area contributed by atoms with Crippen LogP contribution in [0.4, 0.5) is 0 Å². The molecule has 2 heterocycles. The van der Waals surface area contributed by atoms with Gasteiger partial charge in [-0.3, -0.25) is 19.5 Å². The number of nitrogens with one attached hydrogen (secondary N) is 1. The normalized spacial score (nSPS) is 28.0. The molecular formula is C13H21N3O2S. The van der Waals surface area contributed by atoms with Crippen LogP contribution in [-0.4, -0.2) is 46.8 Å². The van der Waals surface area contributed by atoms with Gasteiger partial charge < -0.3 is 5.32 Å². The van der Waals surface area contributed by atoms with Gasteiger partial charge in [0.15, 0.2) is 5.17 Å². The zero-order valence-electron chi connectivity index (χ0n) is 11.9. The zero-order valence-corrected chi connectivity index (χ0v) is 12.7. The predicted octanol–water partition coefficient (Wildman–Crippen LogP) is 1.24. The van der Waals surface area contributed by atoms with Crippen LogP contribution >= 0.6 is 11.8 Å². The average molecular weight is 283 g/mol. The first-order valence-electron chi connectivity index (χ1n) is 6.54. The first-order valence-corrected chi connectivity index (χ1v) is 7.42. The van der Waals surface area contributed by atoms with Crippen LogP contribution in [0, 0.1) is 5.41 Å². The summed E-state index contributed by atoms with van der Waals surface area (Å²) in [6.45, 7) is 7.43. The molecule has 2 rings (SSSR count). The largest absolute Gasteiger partial charge is 0.353 e. The van der Waals surface area contributed by atoms with Crippen molar-refractivity contribution < 1.29 is 9.59 Å². The molecule has 2 amide bonds. The lowest BCUT2D eigenvalue weighted by molar-refractivity contribution is -0.137.